The van der Waals surface area contributed by atoms with Gasteiger partial charge in [-0.1, -0.05) is 13.0 Å². The largest absolute Gasteiger partial charge is 0.491 e. The van der Waals surface area contributed by atoms with Crippen molar-refractivity contribution in [2.24, 2.45) is 0 Å². The fraction of sp³-hybridized carbons (Fsp3) is 0.571. The summed E-state index contributed by atoms with van der Waals surface area (Å²) in [6.45, 7) is 10.1. The van der Waals surface area contributed by atoms with Gasteiger partial charge in [0, 0.05) is 31.4 Å². The van der Waals surface area contributed by atoms with Crippen LogP contribution in [0.1, 0.15) is 42.9 Å². The molecule has 1 atom stereocenters. The van der Waals surface area contributed by atoms with E-state index in [-0.39, 0.29) is 0 Å². The fourth-order valence-electron chi connectivity index (χ4n) is 3.58. The molecule has 0 bridgehead atoms. The van der Waals surface area contributed by atoms with E-state index in [0.717, 1.165) is 44.6 Å². The van der Waals surface area contributed by atoms with Crippen LogP contribution in [0, 0.1) is 13.8 Å². The van der Waals surface area contributed by atoms with Crippen molar-refractivity contribution in [1.29, 1.82) is 0 Å². The molecule has 2 aromatic rings. The van der Waals surface area contributed by atoms with Crippen LogP contribution < -0.4 is 4.74 Å². The van der Waals surface area contributed by atoms with Gasteiger partial charge in [0.25, 0.3) is 0 Å². The second-order valence-corrected chi connectivity index (χ2v) is 7.68. The van der Waals surface area contributed by atoms with Crippen LogP contribution in [0.15, 0.2) is 30.6 Å². The Bertz CT molecular complexity index is 728. The number of nitrogens with zero attached hydrogens (tertiary/aromatic N) is 3. The molecular weight excluding hydrogens is 326 g/mol. The molecule has 0 amide bonds. The van der Waals surface area contributed by atoms with Gasteiger partial charge < -0.3 is 9.84 Å². The number of aliphatic hydroxyl groups is 1. The maximum atomic E-state index is 11.0. The van der Waals surface area contributed by atoms with E-state index in [1.165, 1.54) is 16.7 Å². The third-order valence-corrected chi connectivity index (χ3v) is 5.17. The average molecular weight is 357 g/mol. The van der Waals surface area contributed by atoms with E-state index in [1.807, 2.05) is 23.0 Å². The lowest BCUT2D eigenvalue weighted by atomic mass is 9.93. The van der Waals surface area contributed by atoms with Crippen LogP contribution in [0.25, 0.3) is 0 Å². The van der Waals surface area contributed by atoms with Gasteiger partial charge in [0.15, 0.2) is 0 Å². The first kappa shape index (κ1) is 18.9. The van der Waals surface area contributed by atoms with Gasteiger partial charge in [-0.05, 0) is 62.9 Å². The Morgan fingerprint density at radius 1 is 1.27 bits per heavy atom. The van der Waals surface area contributed by atoms with Crippen molar-refractivity contribution >= 4 is 0 Å². The summed E-state index contributed by atoms with van der Waals surface area (Å²) in [6, 6.07) is 6.09. The Morgan fingerprint density at radius 2 is 2.12 bits per heavy atom. The molecule has 0 radical (unpaired) electrons. The summed E-state index contributed by atoms with van der Waals surface area (Å²) < 4.78 is 7.92. The van der Waals surface area contributed by atoms with Crippen LogP contribution >= 0.6 is 0 Å². The molecule has 2 heterocycles. The molecule has 1 aliphatic heterocycles. The minimum Gasteiger partial charge on any atom is -0.491 e. The van der Waals surface area contributed by atoms with E-state index in [1.54, 1.807) is 0 Å². The predicted octanol–water partition coefficient (Wildman–Crippen LogP) is 3.32. The van der Waals surface area contributed by atoms with Crippen molar-refractivity contribution in [3.8, 4) is 5.75 Å². The van der Waals surface area contributed by atoms with Crippen molar-refractivity contribution in [1.82, 2.24) is 14.7 Å². The van der Waals surface area contributed by atoms with Crippen LogP contribution in [-0.2, 0) is 13.1 Å². The van der Waals surface area contributed by atoms with Crippen molar-refractivity contribution in [3.63, 3.8) is 0 Å². The zero-order chi connectivity index (χ0) is 18.6. The first-order valence-electron chi connectivity index (χ1n) is 9.63. The van der Waals surface area contributed by atoms with Crippen molar-refractivity contribution < 1.29 is 9.84 Å². The quantitative estimate of drug-likeness (QED) is 0.826. The number of ether oxygens (including phenoxy) is 1. The summed E-state index contributed by atoms with van der Waals surface area (Å²) in [4.78, 5) is 2.31. The molecule has 1 aromatic heterocycles. The Labute approximate surface area is 156 Å². The predicted molar refractivity (Wildman–Crippen MR) is 103 cm³/mol. The van der Waals surface area contributed by atoms with Gasteiger partial charge in [0.1, 0.15) is 18.0 Å². The first-order valence-corrected chi connectivity index (χ1v) is 9.63. The maximum absolute atomic E-state index is 11.0. The minimum absolute atomic E-state index is 0.334. The number of hydrogen-bond acceptors (Lipinski definition) is 4. The molecule has 0 spiro atoms. The highest BCUT2D eigenvalue weighted by Crippen LogP contribution is 2.25. The second-order valence-electron chi connectivity index (χ2n) is 7.68. The fourth-order valence-corrected chi connectivity index (χ4v) is 3.58. The normalized spacial score (nSPS) is 21.1. The van der Waals surface area contributed by atoms with Gasteiger partial charge in [-0.25, -0.2) is 0 Å². The lowest BCUT2D eigenvalue weighted by Crippen LogP contribution is -2.51. The van der Waals surface area contributed by atoms with Crippen LogP contribution in [0.2, 0.25) is 0 Å². The van der Waals surface area contributed by atoms with E-state index < -0.39 is 5.60 Å². The van der Waals surface area contributed by atoms with Gasteiger partial charge in [-0.3, -0.25) is 9.58 Å². The van der Waals surface area contributed by atoms with E-state index in [2.05, 4.69) is 43.0 Å². The molecule has 1 unspecified atom stereocenters. The standard InChI is InChI=1S/C21H31N3O2/c1-4-9-24-14-19(12-22-24)13-23-10-5-8-21(25,15-23)16-26-20-7-6-17(2)18(3)11-20/h6-7,11-12,14,25H,4-5,8-10,13,15-16H2,1-3H3. The maximum Gasteiger partial charge on any atom is 0.119 e. The Hall–Kier alpha value is -1.85. The molecule has 142 valence electrons. The SMILES string of the molecule is CCCn1cc(CN2CCCC(O)(COc3ccc(C)c(C)c3)C2)cn1. The average Bonchev–Trinajstić information content (AvgIpc) is 3.03. The van der Waals surface area contributed by atoms with E-state index in [0.29, 0.717) is 13.2 Å². The molecule has 1 aliphatic rings. The van der Waals surface area contributed by atoms with Crippen molar-refractivity contribution in [3.05, 3.63) is 47.3 Å². The molecule has 0 aliphatic carbocycles. The van der Waals surface area contributed by atoms with Gasteiger partial charge in [0.2, 0.25) is 0 Å². The summed E-state index contributed by atoms with van der Waals surface area (Å²) in [7, 11) is 0. The van der Waals surface area contributed by atoms with Crippen LogP contribution in [0.3, 0.4) is 0 Å². The number of piperidine rings is 1. The zero-order valence-electron chi connectivity index (χ0n) is 16.2. The third kappa shape index (κ3) is 4.86. The van der Waals surface area contributed by atoms with Gasteiger partial charge >= 0.3 is 0 Å². The zero-order valence-corrected chi connectivity index (χ0v) is 16.2. The Kier molecular flexibility index (Phi) is 5.99. The molecule has 1 fully saturated rings. The lowest BCUT2D eigenvalue weighted by Gasteiger charge is -2.38. The van der Waals surface area contributed by atoms with Crippen LogP contribution in [0.5, 0.6) is 5.75 Å². The van der Waals surface area contributed by atoms with Gasteiger partial charge in [-0.2, -0.15) is 5.10 Å². The van der Waals surface area contributed by atoms with Crippen LogP contribution in [0.4, 0.5) is 0 Å². The summed E-state index contributed by atoms with van der Waals surface area (Å²) in [5.74, 6) is 0.833. The highest BCUT2D eigenvalue weighted by atomic mass is 16.5. The number of likely N-dealkylation sites (tertiary alicyclic amines) is 1. The molecule has 0 saturated carbocycles. The van der Waals surface area contributed by atoms with Crippen LogP contribution in [-0.4, -0.2) is 45.1 Å². The van der Waals surface area contributed by atoms with Gasteiger partial charge in [-0.15, -0.1) is 0 Å². The highest BCUT2D eigenvalue weighted by Gasteiger charge is 2.34. The van der Waals surface area contributed by atoms with E-state index in [4.69, 9.17) is 4.74 Å². The van der Waals surface area contributed by atoms with Crippen molar-refractivity contribution in [2.75, 3.05) is 19.7 Å². The molecule has 1 saturated heterocycles. The molecule has 1 aromatic carbocycles. The summed E-state index contributed by atoms with van der Waals surface area (Å²) >= 11 is 0. The molecular formula is C21H31N3O2. The number of hydrogen-bond donors (Lipinski definition) is 1. The number of benzene rings is 1. The number of aromatic nitrogens is 2. The highest BCUT2D eigenvalue weighted by molar-refractivity contribution is 5.33. The molecule has 5 nitrogen and oxygen atoms in total. The number of aryl methyl sites for hydroxylation is 3. The smallest absolute Gasteiger partial charge is 0.119 e. The van der Waals surface area contributed by atoms with E-state index in [9.17, 15) is 5.11 Å². The summed E-state index contributed by atoms with van der Waals surface area (Å²) in [5.41, 5.74) is 2.88. The second kappa shape index (κ2) is 8.23. The minimum atomic E-state index is -0.795. The Balaban J connectivity index is 1.56. The van der Waals surface area contributed by atoms with Gasteiger partial charge in [0.05, 0.1) is 6.20 Å². The molecule has 26 heavy (non-hydrogen) atoms. The number of rotatable bonds is 7. The third-order valence-electron chi connectivity index (χ3n) is 5.17. The van der Waals surface area contributed by atoms with E-state index >= 15 is 0 Å². The first-order chi connectivity index (χ1) is 12.5. The molecule has 5 heteroatoms. The molecule has 1 N–H and O–H groups in total. The summed E-state index contributed by atoms with van der Waals surface area (Å²) in [5, 5.41) is 15.4. The monoisotopic (exact) mass is 357 g/mol. The Morgan fingerprint density at radius 3 is 2.88 bits per heavy atom. The number of β-amino-alcohol motifs (C(OH)–C–C–N with tert-alkyl or cyclic N) is 1. The lowest BCUT2D eigenvalue weighted by molar-refractivity contribution is -0.0621. The molecule has 3 rings (SSSR count). The topological polar surface area (TPSA) is 50.5 Å². The summed E-state index contributed by atoms with van der Waals surface area (Å²) in [6.07, 6.45) is 6.90. The van der Waals surface area contributed by atoms with Crippen molar-refractivity contribution in [2.45, 2.75) is 58.7 Å².